The molecule has 6 rings (SSSR count). The molecule has 0 radical (unpaired) electrons. The second-order valence-electron chi connectivity index (χ2n) is 15.5. The second kappa shape index (κ2) is 15.7. The molecule has 1 aromatic carbocycles. The van der Waals surface area contributed by atoms with Gasteiger partial charge in [-0.05, 0) is 89.9 Å². The van der Waals surface area contributed by atoms with Crippen LogP contribution >= 0.6 is 21.6 Å². The van der Waals surface area contributed by atoms with E-state index < -0.39 is 5.97 Å². The lowest BCUT2D eigenvalue weighted by atomic mass is 9.47. The average molecular weight is 717 g/mol. The number of aromatic nitrogens is 1. The summed E-state index contributed by atoms with van der Waals surface area (Å²) in [7, 11) is 3.16. The number of fused-ring (bicyclic) bond motifs is 5. The lowest BCUT2D eigenvalue weighted by Crippen LogP contribution is -2.50. The van der Waals surface area contributed by atoms with Gasteiger partial charge in [0.15, 0.2) is 0 Å². The number of amides is 1. The van der Waals surface area contributed by atoms with Crippen LogP contribution in [-0.4, -0.2) is 56.0 Å². The maximum absolute atomic E-state index is 13.1. The molecule has 0 bridgehead atoms. The zero-order valence-electron chi connectivity index (χ0n) is 29.9. The molecule has 268 valence electrons. The summed E-state index contributed by atoms with van der Waals surface area (Å²) in [4.78, 5) is 43.4. The molecule has 0 saturated heterocycles. The number of hydrogen-bond acceptors (Lipinski definition) is 7. The molecule has 2 fully saturated rings. The number of carboxylic acids is 1. The van der Waals surface area contributed by atoms with E-state index in [1.165, 1.54) is 34.5 Å². The van der Waals surface area contributed by atoms with Crippen molar-refractivity contribution >= 4 is 45.0 Å². The summed E-state index contributed by atoms with van der Waals surface area (Å²) in [6.45, 7) is 8.92. The third kappa shape index (κ3) is 8.04. The highest BCUT2D eigenvalue weighted by Gasteiger charge is 2.57. The third-order valence-corrected chi connectivity index (χ3v) is 15.5. The Labute approximate surface area is 305 Å². The molecule has 0 aliphatic heterocycles. The van der Waals surface area contributed by atoms with Gasteiger partial charge >= 0.3 is 11.9 Å². The summed E-state index contributed by atoms with van der Waals surface area (Å²) in [6.07, 6.45) is 17.0. The van der Waals surface area contributed by atoms with Crippen LogP contribution in [0.5, 0.6) is 0 Å². The minimum Gasteiger partial charge on any atom is -0.480 e. The van der Waals surface area contributed by atoms with Gasteiger partial charge in [-0.15, -0.1) is 0 Å². The van der Waals surface area contributed by atoms with Crippen LogP contribution < -0.4 is 0 Å². The zero-order valence-corrected chi connectivity index (χ0v) is 31.5. The van der Waals surface area contributed by atoms with Crippen LogP contribution in [0.1, 0.15) is 96.6 Å². The number of ether oxygens (including phenoxy) is 1. The van der Waals surface area contributed by atoms with E-state index in [1.54, 1.807) is 21.6 Å². The van der Waals surface area contributed by atoms with Gasteiger partial charge in [-0.3, -0.25) is 19.4 Å². The Morgan fingerprint density at radius 1 is 0.940 bits per heavy atom. The van der Waals surface area contributed by atoms with Gasteiger partial charge in [0.25, 0.3) is 0 Å². The monoisotopic (exact) mass is 716 g/mol. The van der Waals surface area contributed by atoms with Gasteiger partial charge in [0.2, 0.25) is 5.91 Å². The number of aliphatic carboxylic acids is 1. The SMILES string of the molecule is CC(CC(=O)O[C@H]1CC[C@@]2(C)C(=CC[C@@H]3[C@@H]2CC[C@]2(C)C(c4cccnc4)=CC[C@@H]32)C1)SS[C@@H](C)CC(=O)N(CC(=O)O)Cc1ccccc1. The van der Waals surface area contributed by atoms with Crippen molar-refractivity contribution in [3.05, 3.63) is 83.7 Å². The second-order valence-corrected chi connectivity index (χ2v) is 18.7. The van der Waals surface area contributed by atoms with Crippen LogP contribution in [-0.2, 0) is 25.7 Å². The highest BCUT2D eigenvalue weighted by atomic mass is 33.1. The number of nitrogens with zero attached hydrogens (tertiary/aromatic N) is 2. The van der Waals surface area contributed by atoms with Gasteiger partial charge < -0.3 is 14.7 Å². The molecule has 0 spiro atoms. The molecule has 8 atom stereocenters. The normalized spacial score (nSPS) is 29.7. The number of hydrogen-bond donors (Lipinski definition) is 1. The Balaban J connectivity index is 0.965. The van der Waals surface area contributed by atoms with Gasteiger partial charge in [-0.1, -0.05) is 103 Å². The Morgan fingerprint density at radius 3 is 2.40 bits per heavy atom. The number of rotatable bonds is 13. The highest BCUT2D eigenvalue weighted by Crippen LogP contribution is 2.66. The summed E-state index contributed by atoms with van der Waals surface area (Å²) in [5.74, 6) is 0.660. The molecular weight excluding hydrogens is 665 g/mol. The minimum atomic E-state index is -1.03. The molecular formula is C41H52N2O5S2. The van der Waals surface area contributed by atoms with E-state index in [-0.39, 0.29) is 58.8 Å². The molecule has 9 heteroatoms. The number of benzene rings is 1. The molecule has 7 nitrogen and oxygen atoms in total. The fraction of sp³-hybridized carbons (Fsp3) is 0.561. The number of carbonyl (C=O) groups is 3. The lowest BCUT2D eigenvalue weighted by Gasteiger charge is -2.57. The van der Waals surface area contributed by atoms with Gasteiger partial charge in [0, 0.05) is 42.3 Å². The molecule has 4 aliphatic rings. The van der Waals surface area contributed by atoms with Crippen molar-refractivity contribution in [3.8, 4) is 0 Å². The van der Waals surface area contributed by atoms with Crippen LogP contribution in [0, 0.1) is 28.6 Å². The van der Waals surface area contributed by atoms with Gasteiger partial charge in [0.05, 0.1) is 6.42 Å². The Kier molecular flexibility index (Phi) is 11.5. The first-order valence-electron chi connectivity index (χ1n) is 18.3. The fourth-order valence-corrected chi connectivity index (χ4v) is 11.9. The van der Waals surface area contributed by atoms with Crippen LogP contribution in [0.4, 0.5) is 0 Å². The van der Waals surface area contributed by atoms with E-state index >= 15 is 0 Å². The predicted molar refractivity (Wildman–Crippen MR) is 202 cm³/mol. The fourth-order valence-electron chi connectivity index (χ4n) is 9.57. The summed E-state index contributed by atoms with van der Waals surface area (Å²) in [6, 6.07) is 13.7. The molecule has 1 aromatic heterocycles. The van der Waals surface area contributed by atoms with E-state index in [0.29, 0.717) is 24.2 Å². The first-order valence-corrected chi connectivity index (χ1v) is 20.6. The topological polar surface area (TPSA) is 96.8 Å². The van der Waals surface area contributed by atoms with E-state index in [2.05, 4.69) is 43.1 Å². The quantitative estimate of drug-likeness (QED) is 0.125. The summed E-state index contributed by atoms with van der Waals surface area (Å²) < 4.78 is 6.10. The molecule has 2 aromatic rings. The first-order chi connectivity index (χ1) is 24.0. The maximum Gasteiger partial charge on any atom is 0.323 e. The zero-order chi connectivity index (χ0) is 35.5. The van der Waals surface area contributed by atoms with Crippen LogP contribution in [0.2, 0.25) is 0 Å². The van der Waals surface area contributed by atoms with Crippen molar-refractivity contribution in [1.82, 2.24) is 9.88 Å². The number of carboxylic acid groups (broad SMARTS) is 1. The highest BCUT2D eigenvalue weighted by molar-refractivity contribution is 8.77. The van der Waals surface area contributed by atoms with E-state index in [1.807, 2.05) is 56.6 Å². The van der Waals surface area contributed by atoms with E-state index in [4.69, 9.17) is 4.74 Å². The van der Waals surface area contributed by atoms with Crippen LogP contribution in [0.15, 0.2) is 72.6 Å². The molecule has 1 amide bonds. The number of pyridine rings is 1. The van der Waals surface area contributed by atoms with Crippen molar-refractivity contribution in [2.75, 3.05) is 6.54 Å². The Hall–Kier alpha value is -3.04. The van der Waals surface area contributed by atoms with Crippen molar-refractivity contribution in [1.29, 1.82) is 0 Å². The number of allylic oxidation sites excluding steroid dienone is 3. The molecule has 2 saturated carbocycles. The maximum atomic E-state index is 13.1. The van der Waals surface area contributed by atoms with Gasteiger partial charge in [-0.2, -0.15) is 0 Å². The van der Waals surface area contributed by atoms with Crippen molar-refractivity contribution in [2.45, 2.75) is 109 Å². The van der Waals surface area contributed by atoms with Crippen molar-refractivity contribution in [3.63, 3.8) is 0 Å². The van der Waals surface area contributed by atoms with Gasteiger partial charge in [-0.25, -0.2) is 0 Å². The number of esters is 1. The summed E-state index contributed by atoms with van der Waals surface area (Å²) in [5.41, 5.74) is 5.58. The van der Waals surface area contributed by atoms with E-state index in [0.717, 1.165) is 37.7 Å². The average Bonchev–Trinajstić information content (AvgIpc) is 3.45. The molecule has 1 unspecified atom stereocenters. The van der Waals surface area contributed by atoms with Crippen LogP contribution in [0.3, 0.4) is 0 Å². The summed E-state index contributed by atoms with van der Waals surface area (Å²) in [5, 5.41) is 9.36. The molecule has 4 aliphatic carbocycles. The molecule has 1 heterocycles. The first kappa shape index (κ1) is 36.7. The van der Waals surface area contributed by atoms with Crippen molar-refractivity contribution in [2.24, 2.45) is 28.6 Å². The Bertz CT molecular complexity index is 1600. The van der Waals surface area contributed by atoms with Gasteiger partial charge in [0.1, 0.15) is 12.6 Å². The Morgan fingerprint density at radius 2 is 1.68 bits per heavy atom. The number of carbonyl (C=O) groups excluding carboxylic acids is 2. The molecule has 1 N–H and O–H groups in total. The lowest BCUT2D eigenvalue weighted by molar-refractivity contribution is -0.151. The van der Waals surface area contributed by atoms with Crippen molar-refractivity contribution < 1.29 is 24.2 Å². The largest absolute Gasteiger partial charge is 0.480 e. The van der Waals surface area contributed by atoms with Crippen LogP contribution in [0.25, 0.3) is 5.57 Å². The molecule has 50 heavy (non-hydrogen) atoms. The summed E-state index contributed by atoms with van der Waals surface area (Å²) >= 11 is 0. The predicted octanol–water partition coefficient (Wildman–Crippen LogP) is 9.00. The third-order valence-electron chi connectivity index (χ3n) is 12.1. The minimum absolute atomic E-state index is 0.0288. The van der Waals surface area contributed by atoms with E-state index in [9.17, 15) is 19.5 Å². The standard InChI is InChI=1S/C41H52N2O5S2/c1-27(21-37(44)43(26-38(45)46)25-29-9-6-5-7-10-29)49-50-28(2)22-39(47)48-32-16-18-40(3)31(23-32)12-13-33-35-15-14-34(30-11-8-20-42-24-30)41(35,4)19-17-36(33)40/h5-12,14,20,24,27-28,32-33,35-36H,13,15-19,21-23,25-26H2,1-4H3,(H,45,46)/t27-,28?,32-,33-,35-,36-,40-,41+/m0/s1. The smallest absolute Gasteiger partial charge is 0.323 e.